The molecular formula is C11H18N2O. The molecule has 1 aliphatic heterocycles. The topological polar surface area (TPSA) is 55.5 Å². The quantitative estimate of drug-likeness (QED) is 0.679. The average Bonchev–Trinajstić information content (AvgIpc) is 2.25. The van der Waals surface area contributed by atoms with Gasteiger partial charge in [0.25, 0.3) is 0 Å². The summed E-state index contributed by atoms with van der Waals surface area (Å²) < 4.78 is 0. The highest BCUT2D eigenvalue weighted by molar-refractivity contribution is 6.39. The highest BCUT2D eigenvalue weighted by Gasteiger charge is 2.12. The molecule has 78 valence electrons. The van der Waals surface area contributed by atoms with Gasteiger partial charge in [-0.25, -0.2) is 0 Å². The second kappa shape index (κ2) is 6.35. The molecule has 0 saturated heterocycles. The Hall–Kier alpha value is -1.12. The van der Waals surface area contributed by atoms with Crippen molar-refractivity contribution in [3.8, 4) is 0 Å². The molecule has 0 spiro atoms. The van der Waals surface area contributed by atoms with Gasteiger partial charge >= 0.3 is 0 Å². The lowest BCUT2D eigenvalue weighted by Gasteiger charge is -2.09. The summed E-state index contributed by atoms with van der Waals surface area (Å²) >= 11 is 0. The molecule has 1 heterocycles. The van der Waals surface area contributed by atoms with Crippen molar-refractivity contribution in [3.63, 3.8) is 0 Å². The van der Waals surface area contributed by atoms with E-state index in [4.69, 9.17) is 5.73 Å². The molecule has 0 amide bonds. The average molecular weight is 194 g/mol. The van der Waals surface area contributed by atoms with Crippen LogP contribution in [0.15, 0.2) is 17.3 Å². The van der Waals surface area contributed by atoms with Crippen molar-refractivity contribution >= 4 is 11.5 Å². The molecular weight excluding hydrogens is 176 g/mol. The third-order valence-corrected chi connectivity index (χ3v) is 2.36. The van der Waals surface area contributed by atoms with E-state index in [0.717, 1.165) is 44.4 Å². The van der Waals surface area contributed by atoms with Gasteiger partial charge in [0.05, 0.1) is 5.71 Å². The molecule has 0 unspecified atom stereocenters. The zero-order valence-corrected chi connectivity index (χ0v) is 8.54. The van der Waals surface area contributed by atoms with Crippen LogP contribution in [-0.4, -0.2) is 18.0 Å². The van der Waals surface area contributed by atoms with E-state index in [1.54, 1.807) is 0 Å². The van der Waals surface area contributed by atoms with Gasteiger partial charge in [-0.3, -0.25) is 9.79 Å². The van der Waals surface area contributed by atoms with Crippen molar-refractivity contribution < 1.29 is 4.79 Å². The number of hydrogen-bond donors (Lipinski definition) is 1. The molecule has 1 aliphatic rings. The van der Waals surface area contributed by atoms with Gasteiger partial charge in [0, 0.05) is 13.0 Å². The van der Waals surface area contributed by atoms with Crippen molar-refractivity contribution in [2.75, 3.05) is 6.54 Å². The number of carbonyl (C=O) groups excluding carboxylic acids is 1. The van der Waals surface area contributed by atoms with Crippen LogP contribution in [0.25, 0.3) is 0 Å². The second-order valence-corrected chi connectivity index (χ2v) is 3.53. The third-order valence-electron chi connectivity index (χ3n) is 2.36. The van der Waals surface area contributed by atoms with E-state index in [-0.39, 0.29) is 5.78 Å². The summed E-state index contributed by atoms with van der Waals surface area (Å²) in [6.07, 6.45) is 8.92. The highest BCUT2D eigenvalue weighted by Crippen LogP contribution is 2.09. The van der Waals surface area contributed by atoms with Crippen molar-refractivity contribution in [3.05, 3.63) is 12.3 Å². The predicted molar refractivity (Wildman–Crippen MR) is 58.3 cm³/mol. The fourth-order valence-electron chi connectivity index (χ4n) is 1.55. The zero-order chi connectivity index (χ0) is 10.2. The van der Waals surface area contributed by atoms with Crippen molar-refractivity contribution in [1.82, 2.24) is 0 Å². The molecule has 0 aliphatic carbocycles. The maximum atomic E-state index is 11.6. The van der Waals surface area contributed by atoms with Crippen LogP contribution in [0.5, 0.6) is 0 Å². The fraction of sp³-hybridized carbons (Fsp3) is 0.636. The zero-order valence-electron chi connectivity index (χ0n) is 8.54. The molecule has 0 radical (unpaired) electrons. The number of ketones is 1. The normalized spacial score (nSPS) is 17.0. The molecule has 3 nitrogen and oxygen atoms in total. The lowest BCUT2D eigenvalue weighted by atomic mass is 10.0. The van der Waals surface area contributed by atoms with E-state index in [0.29, 0.717) is 6.42 Å². The summed E-state index contributed by atoms with van der Waals surface area (Å²) in [5, 5.41) is 0. The van der Waals surface area contributed by atoms with Crippen LogP contribution in [0.1, 0.15) is 38.5 Å². The first-order chi connectivity index (χ1) is 6.84. The number of Topliss-reactive ketones (excluding diaryl/α,β-unsaturated/α-hetero) is 1. The monoisotopic (exact) mass is 194 g/mol. The standard InChI is InChI=1S/C11H18N2O/c12-8-4-1-2-7-11(14)10-6-3-5-9-13-10/h4,8H,1-3,5-7,9,12H2/b8-4-. The molecule has 2 N–H and O–H groups in total. The van der Waals surface area contributed by atoms with Crippen LogP contribution in [0, 0.1) is 0 Å². The molecule has 0 atom stereocenters. The number of hydrogen-bond acceptors (Lipinski definition) is 3. The smallest absolute Gasteiger partial charge is 0.176 e. The van der Waals surface area contributed by atoms with E-state index in [1.165, 1.54) is 6.20 Å². The Morgan fingerprint density at radius 3 is 3.00 bits per heavy atom. The number of carbonyl (C=O) groups is 1. The Morgan fingerprint density at radius 2 is 2.36 bits per heavy atom. The first-order valence-corrected chi connectivity index (χ1v) is 5.28. The molecule has 0 bridgehead atoms. The summed E-state index contributed by atoms with van der Waals surface area (Å²) in [7, 11) is 0. The fourth-order valence-corrected chi connectivity index (χ4v) is 1.55. The maximum absolute atomic E-state index is 11.6. The molecule has 0 aromatic rings. The van der Waals surface area contributed by atoms with Crippen LogP contribution in [0.2, 0.25) is 0 Å². The Kier molecular flexibility index (Phi) is 4.97. The molecule has 0 saturated carbocycles. The molecule has 1 rings (SSSR count). The number of allylic oxidation sites excluding steroid dienone is 1. The summed E-state index contributed by atoms with van der Waals surface area (Å²) in [5.74, 6) is 0.232. The number of rotatable bonds is 5. The Labute approximate surface area is 85.1 Å². The summed E-state index contributed by atoms with van der Waals surface area (Å²) in [4.78, 5) is 15.8. The lowest BCUT2D eigenvalue weighted by Crippen LogP contribution is -2.17. The Morgan fingerprint density at radius 1 is 1.50 bits per heavy atom. The maximum Gasteiger partial charge on any atom is 0.176 e. The van der Waals surface area contributed by atoms with Gasteiger partial charge in [0.2, 0.25) is 0 Å². The van der Waals surface area contributed by atoms with Crippen molar-refractivity contribution in [2.45, 2.75) is 38.5 Å². The molecule has 0 aromatic carbocycles. The van der Waals surface area contributed by atoms with Crippen LogP contribution in [-0.2, 0) is 4.79 Å². The molecule has 0 fully saturated rings. The van der Waals surface area contributed by atoms with Crippen LogP contribution >= 0.6 is 0 Å². The van der Waals surface area contributed by atoms with Gasteiger partial charge in [-0.15, -0.1) is 0 Å². The van der Waals surface area contributed by atoms with Crippen molar-refractivity contribution in [2.24, 2.45) is 10.7 Å². The van der Waals surface area contributed by atoms with Crippen LogP contribution < -0.4 is 5.73 Å². The summed E-state index contributed by atoms with van der Waals surface area (Å²) in [5.41, 5.74) is 6.01. The number of nitrogens with two attached hydrogens (primary N) is 1. The SMILES string of the molecule is N/C=C\CCCC(=O)C1=NCCCC1. The van der Waals surface area contributed by atoms with Gasteiger partial charge < -0.3 is 5.73 Å². The first-order valence-electron chi connectivity index (χ1n) is 5.28. The Bertz CT molecular complexity index is 244. The Balaban J connectivity index is 2.23. The predicted octanol–water partition coefficient (Wildman–Crippen LogP) is 1.82. The number of aliphatic imine (C=N–C) groups is 1. The molecule has 3 heteroatoms. The summed E-state index contributed by atoms with van der Waals surface area (Å²) in [6.45, 7) is 0.837. The first kappa shape index (κ1) is 11.0. The summed E-state index contributed by atoms with van der Waals surface area (Å²) in [6, 6.07) is 0. The van der Waals surface area contributed by atoms with Crippen LogP contribution in [0.4, 0.5) is 0 Å². The third kappa shape index (κ3) is 3.73. The van der Waals surface area contributed by atoms with E-state index in [2.05, 4.69) is 4.99 Å². The van der Waals surface area contributed by atoms with Crippen LogP contribution in [0.3, 0.4) is 0 Å². The number of nitrogens with zero attached hydrogens (tertiary/aromatic N) is 1. The van der Waals surface area contributed by atoms with E-state index >= 15 is 0 Å². The van der Waals surface area contributed by atoms with Gasteiger partial charge in [-0.2, -0.15) is 0 Å². The van der Waals surface area contributed by atoms with E-state index in [9.17, 15) is 4.79 Å². The minimum atomic E-state index is 0.232. The van der Waals surface area contributed by atoms with Crippen molar-refractivity contribution in [1.29, 1.82) is 0 Å². The molecule has 14 heavy (non-hydrogen) atoms. The lowest BCUT2D eigenvalue weighted by molar-refractivity contribution is -0.113. The highest BCUT2D eigenvalue weighted by atomic mass is 16.1. The largest absolute Gasteiger partial charge is 0.405 e. The minimum Gasteiger partial charge on any atom is -0.405 e. The van der Waals surface area contributed by atoms with Gasteiger partial charge in [0.1, 0.15) is 0 Å². The van der Waals surface area contributed by atoms with E-state index < -0.39 is 0 Å². The number of unbranched alkanes of at least 4 members (excludes halogenated alkanes) is 1. The van der Waals surface area contributed by atoms with Gasteiger partial charge in [-0.1, -0.05) is 6.08 Å². The van der Waals surface area contributed by atoms with Gasteiger partial charge in [-0.05, 0) is 38.3 Å². The second-order valence-electron chi connectivity index (χ2n) is 3.53. The molecule has 0 aromatic heterocycles. The van der Waals surface area contributed by atoms with Gasteiger partial charge in [0.15, 0.2) is 5.78 Å². The minimum absolute atomic E-state index is 0.232. The van der Waals surface area contributed by atoms with E-state index in [1.807, 2.05) is 6.08 Å².